The molecule has 0 spiro atoms. The van der Waals surface area contributed by atoms with E-state index in [1.807, 2.05) is 54.7 Å². The van der Waals surface area contributed by atoms with Crippen molar-refractivity contribution in [2.75, 3.05) is 0 Å². The maximum Gasteiger partial charge on any atom is 0 e. The van der Waals surface area contributed by atoms with E-state index in [0.717, 1.165) is 61.1 Å². The summed E-state index contributed by atoms with van der Waals surface area (Å²) in [6, 6.07) is 37.5. The van der Waals surface area contributed by atoms with Crippen molar-refractivity contribution in [1.82, 2.24) is 9.97 Å². The monoisotopic (exact) mass is 958 g/mol. The molecule has 0 bridgehead atoms. The molecule has 0 atom stereocenters. The predicted octanol–water partition coefficient (Wildman–Crippen LogP) is 12.3. The van der Waals surface area contributed by atoms with E-state index in [2.05, 4.69) is 129 Å². The van der Waals surface area contributed by atoms with Crippen molar-refractivity contribution in [3.63, 3.8) is 0 Å². The van der Waals surface area contributed by atoms with Gasteiger partial charge in [-0.3, -0.25) is 0 Å². The SMILES string of the molecule is C[Si](C)(C)c1ccc(-c2[c-]cccc2)nc1.[2H]C([2H])([2H])c1cnc(-c2[c-]c[c]([Ge]([CH3])([CH3])[CH3])cc2)cc1-c1c(C(C)C)cc2c(oc3ccccc32)c1C(C)C.[Ir]. The van der Waals surface area contributed by atoms with Crippen LogP contribution in [0.2, 0.25) is 36.9 Å². The van der Waals surface area contributed by atoms with Gasteiger partial charge in [-0.05, 0) is 16.9 Å². The van der Waals surface area contributed by atoms with Crippen LogP contribution in [0.1, 0.15) is 60.3 Å². The van der Waals surface area contributed by atoms with E-state index in [-0.39, 0.29) is 37.5 Å². The van der Waals surface area contributed by atoms with Crippen molar-refractivity contribution in [2.45, 2.75) is 83.3 Å². The number of furan rings is 1. The Bertz CT molecular complexity index is 2430. The molecule has 6 heteroatoms. The molecule has 0 amide bonds. The molecule has 0 saturated carbocycles. The van der Waals surface area contributed by atoms with Crippen LogP contribution in [0.25, 0.3) is 55.6 Å². The zero-order chi connectivity index (χ0) is 39.9. The molecule has 1 radical (unpaired) electrons. The van der Waals surface area contributed by atoms with Gasteiger partial charge in [0.05, 0.1) is 8.07 Å². The molecule has 53 heavy (non-hydrogen) atoms. The van der Waals surface area contributed by atoms with Crippen LogP contribution < -0.4 is 9.58 Å². The number of aromatic nitrogens is 2. The molecule has 0 N–H and O–H groups in total. The summed E-state index contributed by atoms with van der Waals surface area (Å²) < 4.78 is 33.1. The van der Waals surface area contributed by atoms with Gasteiger partial charge in [-0.2, -0.15) is 0 Å². The van der Waals surface area contributed by atoms with Crippen LogP contribution in [0.4, 0.5) is 0 Å². The van der Waals surface area contributed by atoms with E-state index in [4.69, 9.17) is 8.53 Å². The van der Waals surface area contributed by atoms with Crippen molar-refractivity contribution < 1.29 is 28.6 Å². The van der Waals surface area contributed by atoms with Crippen LogP contribution in [0.3, 0.4) is 0 Å². The Morgan fingerprint density at radius 1 is 0.755 bits per heavy atom. The zero-order valence-corrected chi connectivity index (χ0v) is 38.1. The molecule has 3 aromatic heterocycles. The Balaban J connectivity index is 0.000000295. The Morgan fingerprint density at radius 2 is 1.47 bits per heavy atom. The van der Waals surface area contributed by atoms with E-state index in [9.17, 15) is 0 Å². The normalized spacial score (nSPS) is 12.9. The minimum atomic E-state index is -2.32. The first kappa shape index (κ1) is 36.4. The van der Waals surface area contributed by atoms with Crippen molar-refractivity contribution in [2.24, 2.45) is 0 Å². The summed E-state index contributed by atoms with van der Waals surface area (Å²) in [5.74, 6) is 7.35. The molecule has 0 aliphatic carbocycles. The molecular weight excluding hydrogens is 901 g/mol. The van der Waals surface area contributed by atoms with Gasteiger partial charge in [0, 0.05) is 26.3 Å². The number of nitrogens with zero attached hydrogens (tertiary/aromatic N) is 2. The van der Waals surface area contributed by atoms with Gasteiger partial charge in [0.1, 0.15) is 0 Å². The summed E-state index contributed by atoms with van der Waals surface area (Å²) in [5, 5.41) is 3.54. The van der Waals surface area contributed by atoms with Crippen LogP contribution in [0.5, 0.6) is 0 Å². The first-order valence-corrected chi connectivity index (χ1v) is 29.1. The fraction of sp³-hybridized carbons (Fsp3) is 0.277. The Labute approximate surface area is 338 Å². The number of para-hydroxylation sites is 1. The molecule has 0 saturated heterocycles. The third-order valence-corrected chi connectivity index (χ3v) is 16.0. The van der Waals surface area contributed by atoms with Gasteiger partial charge in [-0.25, -0.2) is 0 Å². The topological polar surface area (TPSA) is 38.9 Å². The molecule has 0 aliphatic rings. The van der Waals surface area contributed by atoms with E-state index < -0.39 is 28.2 Å². The number of benzene rings is 4. The van der Waals surface area contributed by atoms with Gasteiger partial charge >= 0.3 is 198 Å². The molecule has 7 aromatic rings. The number of hydrogen-bond donors (Lipinski definition) is 0. The van der Waals surface area contributed by atoms with Crippen LogP contribution in [0, 0.1) is 19.0 Å². The van der Waals surface area contributed by atoms with E-state index >= 15 is 0 Å². The summed E-state index contributed by atoms with van der Waals surface area (Å²) in [7, 11) is -1.23. The Hall–Kier alpha value is -3.61. The number of fused-ring (bicyclic) bond motifs is 3. The van der Waals surface area contributed by atoms with Gasteiger partial charge in [0.25, 0.3) is 0 Å². The van der Waals surface area contributed by atoms with E-state index in [0.29, 0.717) is 5.56 Å². The van der Waals surface area contributed by atoms with E-state index in [1.54, 1.807) is 0 Å². The van der Waals surface area contributed by atoms with Gasteiger partial charge in [0.2, 0.25) is 0 Å². The largest absolute Gasteiger partial charge is 0 e. The average Bonchev–Trinajstić information content (AvgIpc) is 3.51. The number of rotatable bonds is 7. The van der Waals surface area contributed by atoms with Gasteiger partial charge in [-0.1, -0.05) is 50.0 Å². The van der Waals surface area contributed by atoms with Crippen LogP contribution >= 0.6 is 0 Å². The summed E-state index contributed by atoms with van der Waals surface area (Å²) in [6.45, 7) is 13.3. The maximum atomic E-state index is 8.41. The first-order chi connectivity index (χ1) is 25.8. The molecule has 3 heterocycles. The molecule has 4 aromatic carbocycles. The third kappa shape index (κ3) is 8.86. The maximum absolute atomic E-state index is 8.41. The first-order valence-electron chi connectivity index (χ1n) is 19.8. The molecule has 275 valence electrons. The smallest absolute Gasteiger partial charge is 0 e. The summed E-state index contributed by atoms with van der Waals surface area (Å²) in [6.07, 6.45) is 3.56. The molecular formula is C47H52GeIrN2OSi-2. The predicted molar refractivity (Wildman–Crippen MR) is 229 cm³/mol. The van der Waals surface area contributed by atoms with Gasteiger partial charge in [-0.15, -0.1) is 35.9 Å². The fourth-order valence-corrected chi connectivity index (χ4v) is 9.94. The van der Waals surface area contributed by atoms with Crippen molar-refractivity contribution in [3.05, 3.63) is 132 Å². The van der Waals surface area contributed by atoms with Crippen molar-refractivity contribution in [1.29, 1.82) is 0 Å². The van der Waals surface area contributed by atoms with Crippen LogP contribution in [-0.4, -0.2) is 31.3 Å². The van der Waals surface area contributed by atoms with Crippen LogP contribution in [0.15, 0.2) is 108 Å². The minimum Gasteiger partial charge on any atom is 0 e. The quantitative estimate of drug-likeness (QED) is 0.118. The summed E-state index contributed by atoms with van der Waals surface area (Å²) in [4.78, 5) is 9.16. The average molecular weight is 957 g/mol. The second-order valence-electron chi connectivity index (χ2n) is 16.4. The van der Waals surface area contributed by atoms with Crippen LogP contribution in [-0.2, 0) is 20.1 Å². The van der Waals surface area contributed by atoms with Gasteiger partial charge < -0.3 is 4.98 Å². The van der Waals surface area contributed by atoms with Crippen molar-refractivity contribution in [3.8, 4) is 33.6 Å². The number of hydrogen-bond acceptors (Lipinski definition) is 3. The minimum absolute atomic E-state index is 0. The molecule has 0 unspecified atom stereocenters. The molecule has 0 fully saturated rings. The standard InChI is InChI=1S/C33H36GeNO.C14H16NSi.Ir/c1-20(2)26-17-28-25-11-9-10-12-30(25)36-33(28)31(21(3)4)32(26)27-18-29(35-19-22(27)5)23-13-15-24(16-14-23)34(6,7)8;1-16(2,3)13-9-10-14(15-11-13)12-7-5-4-6-8-12;/h9-13,15-21H,1-8H3;4-7,9-11H,1-3H3;/q2*-1;/i5D3;;. The Morgan fingerprint density at radius 3 is 2.06 bits per heavy atom. The molecule has 3 nitrogen and oxygen atoms in total. The summed E-state index contributed by atoms with van der Waals surface area (Å²) >= 11 is -1.99. The van der Waals surface area contributed by atoms with Gasteiger partial charge in [0.15, 0.2) is 0 Å². The third-order valence-electron chi connectivity index (χ3n) is 9.68. The molecule has 0 aliphatic heterocycles. The Kier molecular flexibility index (Phi) is 11.3. The molecule has 7 rings (SSSR count). The number of aryl methyl sites for hydroxylation is 1. The zero-order valence-electron chi connectivity index (χ0n) is 35.6. The second-order valence-corrected chi connectivity index (χ2v) is 32.1. The number of pyridine rings is 2. The fourth-order valence-electron chi connectivity index (χ4n) is 6.62. The summed E-state index contributed by atoms with van der Waals surface area (Å²) in [5.41, 5.74) is 9.36. The van der Waals surface area contributed by atoms with E-state index in [1.165, 1.54) is 15.8 Å². The van der Waals surface area contributed by atoms with Crippen molar-refractivity contribution >= 4 is 52.9 Å². The second kappa shape index (κ2) is 16.4.